The first-order chi connectivity index (χ1) is 9.95. The van der Waals surface area contributed by atoms with Gasteiger partial charge in [0.2, 0.25) is 10.9 Å². The maximum absolute atomic E-state index is 12.2. The zero-order valence-corrected chi connectivity index (χ0v) is 13.1. The summed E-state index contributed by atoms with van der Waals surface area (Å²) < 4.78 is 33.6. The van der Waals surface area contributed by atoms with Gasteiger partial charge in [0.15, 0.2) is 0 Å². The molecule has 0 aliphatic carbocycles. The predicted molar refractivity (Wildman–Crippen MR) is 77.6 cm³/mol. The summed E-state index contributed by atoms with van der Waals surface area (Å²) in [6.45, 7) is 2.32. The number of aromatic nitrogens is 3. The molecule has 0 saturated heterocycles. The molecule has 0 spiro atoms. The Morgan fingerprint density at radius 1 is 1.43 bits per heavy atom. The van der Waals surface area contributed by atoms with E-state index < -0.39 is 10.0 Å². The molecule has 2 aromatic rings. The van der Waals surface area contributed by atoms with Crippen LogP contribution in [0.25, 0.3) is 0 Å². The van der Waals surface area contributed by atoms with Gasteiger partial charge >= 0.3 is 0 Å². The van der Waals surface area contributed by atoms with E-state index in [-0.39, 0.29) is 16.7 Å². The van der Waals surface area contributed by atoms with Gasteiger partial charge in [-0.3, -0.25) is 0 Å². The number of nitrogens with one attached hydrogen (secondary N) is 1. The lowest BCUT2D eigenvalue weighted by molar-refractivity contribution is 0.322. The van der Waals surface area contributed by atoms with Gasteiger partial charge in [0.25, 0.3) is 10.0 Å². The number of halogens is 1. The van der Waals surface area contributed by atoms with E-state index in [2.05, 4.69) is 14.7 Å². The predicted octanol–water partition coefficient (Wildman–Crippen LogP) is 1.35. The molecule has 0 radical (unpaired) electrons. The van der Waals surface area contributed by atoms with E-state index in [0.717, 1.165) is 0 Å². The van der Waals surface area contributed by atoms with Crippen LogP contribution in [-0.4, -0.2) is 29.6 Å². The molecule has 2 rings (SSSR count). The Kier molecular flexibility index (Phi) is 4.81. The summed E-state index contributed by atoms with van der Waals surface area (Å²) in [7, 11) is -2.18. The quantitative estimate of drug-likeness (QED) is 0.864. The summed E-state index contributed by atoms with van der Waals surface area (Å²) in [5.41, 5.74) is 0.634. The van der Waals surface area contributed by atoms with Crippen LogP contribution in [-0.2, 0) is 23.6 Å². The molecule has 2 heterocycles. The van der Waals surface area contributed by atoms with Crippen molar-refractivity contribution in [3.05, 3.63) is 35.4 Å². The van der Waals surface area contributed by atoms with Gasteiger partial charge in [0.05, 0.1) is 12.9 Å². The van der Waals surface area contributed by atoms with Crippen LogP contribution >= 0.6 is 11.6 Å². The smallest absolute Gasteiger partial charge is 0.261 e. The van der Waals surface area contributed by atoms with Gasteiger partial charge in [-0.2, -0.15) is 0 Å². The topological polar surface area (TPSA) is 86.1 Å². The lowest BCUT2D eigenvalue weighted by Crippen LogP contribution is -2.24. The van der Waals surface area contributed by atoms with Crippen LogP contribution in [0.2, 0.25) is 5.15 Å². The minimum atomic E-state index is -3.80. The first-order valence-electron chi connectivity index (χ1n) is 6.19. The number of imidazole rings is 1. The monoisotopic (exact) mass is 330 g/mol. The Bertz CT molecular complexity index is 730. The van der Waals surface area contributed by atoms with Gasteiger partial charge in [-0.15, -0.1) is 0 Å². The molecule has 0 unspecified atom stereocenters. The highest BCUT2D eigenvalue weighted by Crippen LogP contribution is 2.20. The maximum atomic E-state index is 12.2. The van der Waals surface area contributed by atoms with Crippen molar-refractivity contribution in [3.8, 4) is 5.88 Å². The summed E-state index contributed by atoms with van der Waals surface area (Å²) in [5, 5.41) is -0.146. The number of nitrogens with zero attached hydrogens (tertiary/aromatic N) is 3. The van der Waals surface area contributed by atoms with E-state index >= 15 is 0 Å². The molecular formula is C12H15ClN4O3S. The third-order valence-electron chi connectivity index (χ3n) is 2.67. The minimum absolute atomic E-state index is 0.0401. The molecule has 0 aliphatic heterocycles. The van der Waals surface area contributed by atoms with Gasteiger partial charge in [-0.05, 0) is 13.0 Å². The number of aryl methyl sites for hydroxylation is 1. The molecule has 0 fully saturated rings. The summed E-state index contributed by atoms with van der Waals surface area (Å²) in [6, 6.07) is 3.44. The molecule has 0 aliphatic rings. The van der Waals surface area contributed by atoms with Crippen LogP contribution in [0.15, 0.2) is 29.7 Å². The van der Waals surface area contributed by atoms with E-state index in [0.29, 0.717) is 18.1 Å². The highest BCUT2D eigenvalue weighted by molar-refractivity contribution is 7.89. The number of ether oxygens (including phenoxy) is 1. The average molecular weight is 331 g/mol. The molecule has 9 heteroatoms. The Labute approximate surface area is 128 Å². The maximum Gasteiger partial charge on any atom is 0.261 e. The third-order valence-corrected chi connectivity index (χ3v) is 4.56. The molecule has 0 bridgehead atoms. The van der Waals surface area contributed by atoms with E-state index in [4.69, 9.17) is 16.3 Å². The van der Waals surface area contributed by atoms with Crippen LogP contribution in [0.5, 0.6) is 5.88 Å². The Balaban J connectivity index is 2.18. The number of pyridine rings is 1. The van der Waals surface area contributed by atoms with Crippen molar-refractivity contribution in [2.24, 2.45) is 7.05 Å². The number of hydrogen-bond donors (Lipinski definition) is 1. The molecule has 0 atom stereocenters. The highest BCUT2D eigenvalue weighted by Gasteiger charge is 2.22. The van der Waals surface area contributed by atoms with E-state index in [9.17, 15) is 8.42 Å². The molecule has 0 amide bonds. The Hall–Kier alpha value is -1.64. The number of sulfonamides is 1. The van der Waals surface area contributed by atoms with Gasteiger partial charge < -0.3 is 9.30 Å². The first kappa shape index (κ1) is 15.7. The standard InChI is InChI=1S/C12H15ClN4O3S/c1-3-20-11-9(5-4-6-14-11)7-16-21(18,19)12-10(13)17(2)8-15-12/h4-6,8,16H,3,7H2,1-2H3. The fourth-order valence-corrected chi connectivity index (χ4v) is 3.07. The molecule has 21 heavy (non-hydrogen) atoms. The van der Waals surface area contributed by atoms with Crippen LogP contribution in [0.1, 0.15) is 12.5 Å². The normalized spacial score (nSPS) is 11.6. The fraction of sp³-hybridized carbons (Fsp3) is 0.333. The summed E-state index contributed by atoms with van der Waals surface area (Å²) in [6.07, 6.45) is 2.92. The molecular weight excluding hydrogens is 316 g/mol. The Morgan fingerprint density at radius 2 is 2.19 bits per heavy atom. The van der Waals surface area contributed by atoms with Gasteiger partial charge in [0, 0.05) is 25.4 Å². The van der Waals surface area contributed by atoms with Crippen LogP contribution in [0.3, 0.4) is 0 Å². The average Bonchev–Trinajstić information content (AvgIpc) is 2.79. The largest absolute Gasteiger partial charge is 0.478 e. The van der Waals surface area contributed by atoms with Crippen molar-refractivity contribution in [1.29, 1.82) is 0 Å². The van der Waals surface area contributed by atoms with Gasteiger partial charge in [0.1, 0.15) is 5.15 Å². The Morgan fingerprint density at radius 3 is 2.81 bits per heavy atom. The fourth-order valence-electron chi connectivity index (χ4n) is 1.64. The van der Waals surface area contributed by atoms with Gasteiger partial charge in [-0.25, -0.2) is 23.1 Å². The van der Waals surface area contributed by atoms with Crippen molar-refractivity contribution in [2.75, 3.05) is 6.61 Å². The van der Waals surface area contributed by atoms with Crippen LogP contribution < -0.4 is 9.46 Å². The highest BCUT2D eigenvalue weighted by atomic mass is 35.5. The molecule has 0 saturated carbocycles. The molecule has 1 N–H and O–H groups in total. The first-order valence-corrected chi connectivity index (χ1v) is 8.05. The van der Waals surface area contributed by atoms with Gasteiger partial charge in [-0.1, -0.05) is 17.7 Å². The van der Waals surface area contributed by atoms with Crippen molar-refractivity contribution in [3.63, 3.8) is 0 Å². The number of hydrogen-bond acceptors (Lipinski definition) is 5. The van der Waals surface area contributed by atoms with E-state index in [1.165, 1.54) is 10.9 Å². The van der Waals surface area contributed by atoms with E-state index in [1.54, 1.807) is 25.4 Å². The second-order valence-corrected chi connectivity index (χ2v) is 6.22. The van der Waals surface area contributed by atoms with Crippen molar-refractivity contribution >= 4 is 21.6 Å². The second kappa shape index (κ2) is 6.42. The molecule has 7 nitrogen and oxygen atoms in total. The lowest BCUT2D eigenvalue weighted by atomic mass is 10.3. The molecule has 0 aromatic carbocycles. The second-order valence-electron chi connectivity index (χ2n) is 4.18. The SMILES string of the molecule is CCOc1ncccc1CNS(=O)(=O)c1ncn(C)c1Cl. The summed E-state index contributed by atoms with van der Waals surface area (Å²) in [5.74, 6) is 0.398. The zero-order valence-electron chi connectivity index (χ0n) is 11.6. The van der Waals surface area contributed by atoms with Crippen molar-refractivity contribution < 1.29 is 13.2 Å². The third kappa shape index (κ3) is 3.52. The molecule has 2 aromatic heterocycles. The lowest BCUT2D eigenvalue weighted by Gasteiger charge is -2.09. The zero-order chi connectivity index (χ0) is 15.5. The van der Waals surface area contributed by atoms with Crippen LogP contribution in [0.4, 0.5) is 0 Å². The van der Waals surface area contributed by atoms with E-state index in [1.807, 2.05) is 6.92 Å². The van der Waals surface area contributed by atoms with Crippen LogP contribution in [0, 0.1) is 0 Å². The van der Waals surface area contributed by atoms with Crippen molar-refractivity contribution in [1.82, 2.24) is 19.3 Å². The number of rotatable bonds is 6. The molecule has 114 valence electrons. The van der Waals surface area contributed by atoms with Crippen molar-refractivity contribution in [2.45, 2.75) is 18.5 Å². The summed E-state index contributed by atoms with van der Waals surface area (Å²) in [4.78, 5) is 7.85. The minimum Gasteiger partial charge on any atom is -0.478 e. The summed E-state index contributed by atoms with van der Waals surface area (Å²) >= 11 is 5.90.